The molecule has 1 heterocycles. The first-order valence-electron chi connectivity index (χ1n) is 7.41. The highest BCUT2D eigenvalue weighted by atomic mass is 15.1. The Labute approximate surface area is 110 Å². The number of nitrogens with two attached hydrogens (primary N) is 1. The summed E-state index contributed by atoms with van der Waals surface area (Å²) in [6.07, 6.45) is 5.29. The molecule has 1 rings (SSSR count). The van der Waals surface area contributed by atoms with Crippen LogP contribution in [0.4, 0.5) is 0 Å². The number of rotatable bonds is 4. The standard InChI is InChI=1S/C9H19N.C6H15N.H2/c1-8(2)10-6-4-5-9(3)7-10;1-6(2)4-3-5-7;/h8-9H,4-7H2,1-3H3;6H,3-5,7H2,1-2H3;1H/t9-;;/m0../s1. The molecule has 0 radical (unpaired) electrons. The lowest BCUT2D eigenvalue weighted by molar-refractivity contribution is 0.147. The fraction of sp³-hybridized carbons (Fsp3) is 1.00. The van der Waals surface area contributed by atoms with Gasteiger partial charge in [0, 0.05) is 14.0 Å². The minimum Gasteiger partial charge on any atom is -0.330 e. The van der Waals surface area contributed by atoms with E-state index in [0.717, 1.165) is 24.4 Å². The zero-order valence-electron chi connectivity index (χ0n) is 12.7. The Balaban J connectivity index is 0. The van der Waals surface area contributed by atoms with Gasteiger partial charge in [-0.2, -0.15) is 0 Å². The van der Waals surface area contributed by atoms with E-state index in [0.29, 0.717) is 0 Å². The molecule has 1 fully saturated rings. The average Bonchev–Trinajstić information content (AvgIpc) is 2.27. The SMILES string of the molecule is CC(C)CCCN.CC(C)N1CCC[C@H](C)C1.[HH]. The second kappa shape index (κ2) is 9.90. The van der Waals surface area contributed by atoms with Gasteiger partial charge in [0.25, 0.3) is 0 Å². The minimum atomic E-state index is 0. The van der Waals surface area contributed by atoms with E-state index in [9.17, 15) is 0 Å². The lowest BCUT2D eigenvalue weighted by Crippen LogP contribution is -2.38. The molecule has 0 amide bonds. The molecule has 1 atom stereocenters. The number of hydrogen-bond acceptors (Lipinski definition) is 2. The van der Waals surface area contributed by atoms with Crippen LogP contribution in [0.5, 0.6) is 0 Å². The summed E-state index contributed by atoms with van der Waals surface area (Å²) in [4.78, 5) is 2.58. The zero-order valence-corrected chi connectivity index (χ0v) is 12.7. The van der Waals surface area contributed by atoms with Crippen LogP contribution < -0.4 is 5.73 Å². The van der Waals surface area contributed by atoms with Gasteiger partial charge >= 0.3 is 0 Å². The maximum Gasteiger partial charge on any atom is 0.00387 e. The summed E-state index contributed by atoms with van der Waals surface area (Å²) in [6.45, 7) is 14.9. The molecule has 0 aromatic heterocycles. The third kappa shape index (κ3) is 9.61. The largest absolute Gasteiger partial charge is 0.330 e. The predicted molar refractivity (Wildman–Crippen MR) is 80.3 cm³/mol. The lowest BCUT2D eigenvalue weighted by Gasteiger charge is -2.33. The summed E-state index contributed by atoms with van der Waals surface area (Å²) in [5.74, 6) is 1.75. The second-order valence-electron chi connectivity index (χ2n) is 6.16. The summed E-state index contributed by atoms with van der Waals surface area (Å²) in [5.41, 5.74) is 5.28. The molecule has 2 nitrogen and oxygen atoms in total. The van der Waals surface area contributed by atoms with Crippen molar-refractivity contribution in [2.45, 2.75) is 66.3 Å². The monoisotopic (exact) mass is 244 g/mol. The molecule has 0 aromatic carbocycles. The number of piperidine rings is 1. The predicted octanol–water partition coefficient (Wildman–Crippen LogP) is 3.75. The van der Waals surface area contributed by atoms with E-state index in [2.05, 4.69) is 39.5 Å². The van der Waals surface area contributed by atoms with Crippen molar-refractivity contribution in [3.63, 3.8) is 0 Å². The Kier molecular flexibility index (Phi) is 9.85. The highest BCUT2D eigenvalue weighted by molar-refractivity contribution is 4.72. The maximum absolute atomic E-state index is 5.28. The van der Waals surface area contributed by atoms with Gasteiger partial charge in [0.05, 0.1) is 0 Å². The first kappa shape index (κ1) is 16.9. The molecule has 2 heteroatoms. The van der Waals surface area contributed by atoms with Crippen LogP contribution in [0.15, 0.2) is 0 Å². The van der Waals surface area contributed by atoms with Crippen molar-refractivity contribution in [2.75, 3.05) is 19.6 Å². The summed E-state index contributed by atoms with van der Waals surface area (Å²) in [5, 5.41) is 0. The summed E-state index contributed by atoms with van der Waals surface area (Å²) >= 11 is 0. The normalized spacial score (nSPS) is 21.5. The molecule has 0 aromatic rings. The fourth-order valence-electron chi connectivity index (χ4n) is 2.22. The van der Waals surface area contributed by atoms with Gasteiger partial charge in [-0.25, -0.2) is 0 Å². The van der Waals surface area contributed by atoms with Crippen molar-refractivity contribution < 1.29 is 1.43 Å². The topological polar surface area (TPSA) is 29.3 Å². The van der Waals surface area contributed by atoms with Crippen LogP contribution in [0.3, 0.4) is 0 Å². The highest BCUT2D eigenvalue weighted by Gasteiger charge is 2.17. The van der Waals surface area contributed by atoms with Crippen LogP contribution in [0.25, 0.3) is 0 Å². The first-order valence-corrected chi connectivity index (χ1v) is 7.41. The van der Waals surface area contributed by atoms with Crippen molar-refractivity contribution in [1.29, 1.82) is 0 Å². The van der Waals surface area contributed by atoms with E-state index in [1.54, 1.807) is 0 Å². The molecule has 17 heavy (non-hydrogen) atoms. The lowest BCUT2D eigenvalue weighted by atomic mass is 9.99. The van der Waals surface area contributed by atoms with Gasteiger partial charge < -0.3 is 10.6 Å². The van der Waals surface area contributed by atoms with Crippen molar-refractivity contribution >= 4 is 0 Å². The second-order valence-corrected chi connectivity index (χ2v) is 6.16. The van der Waals surface area contributed by atoms with Crippen LogP contribution in [0, 0.1) is 11.8 Å². The molecule has 0 bridgehead atoms. The van der Waals surface area contributed by atoms with Crippen LogP contribution >= 0.6 is 0 Å². The first-order chi connectivity index (χ1) is 7.97. The van der Waals surface area contributed by atoms with Gasteiger partial charge in [-0.05, 0) is 64.5 Å². The number of nitrogens with zero attached hydrogens (tertiary/aromatic N) is 1. The van der Waals surface area contributed by atoms with Crippen molar-refractivity contribution in [1.82, 2.24) is 4.90 Å². The molecule has 0 unspecified atom stereocenters. The van der Waals surface area contributed by atoms with Gasteiger partial charge in [-0.15, -0.1) is 0 Å². The Morgan fingerprint density at radius 1 is 1.29 bits per heavy atom. The molecule has 1 saturated heterocycles. The van der Waals surface area contributed by atoms with E-state index in [-0.39, 0.29) is 1.43 Å². The van der Waals surface area contributed by atoms with Gasteiger partial charge in [0.2, 0.25) is 0 Å². The fourth-order valence-corrected chi connectivity index (χ4v) is 2.22. The smallest absolute Gasteiger partial charge is 0.00387 e. The van der Waals surface area contributed by atoms with E-state index >= 15 is 0 Å². The Bertz CT molecular complexity index is 172. The van der Waals surface area contributed by atoms with E-state index in [1.807, 2.05) is 0 Å². The Hall–Kier alpha value is -0.0800. The van der Waals surface area contributed by atoms with Crippen LogP contribution in [-0.2, 0) is 0 Å². The highest BCUT2D eigenvalue weighted by Crippen LogP contribution is 2.16. The molecule has 0 aliphatic carbocycles. The molecule has 106 valence electrons. The van der Waals surface area contributed by atoms with E-state index in [1.165, 1.54) is 38.8 Å². The summed E-state index contributed by atoms with van der Waals surface area (Å²) in [7, 11) is 0. The molecule has 0 spiro atoms. The molecule has 2 N–H and O–H groups in total. The van der Waals surface area contributed by atoms with Crippen molar-refractivity contribution in [3.05, 3.63) is 0 Å². The quantitative estimate of drug-likeness (QED) is 0.816. The zero-order chi connectivity index (χ0) is 13.3. The average molecular weight is 244 g/mol. The third-order valence-electron chi connectivity index (χ3n) is 3.40. The van der Waals surface area contributed by atoms with Gasteiger partial charge in [-0.3, -0.25) is 0 Å². The maximum atomic E-state index is 5.28. The van der Waals surface area contributed by atoms with E-state index in [4.69, 9.17) is 5.73 Å². The van der Waals surface area contributed by atoms with Crippen molar-refractivity contribution in [2.24, 2.45) is 17.6 Å². The third-order valence-corrected chi connectivity index (χ3v) is 3.40. The molecule has 1 aliphatic heterocycles. The van der Waals surface area contributed by atoms with Crippen molar-refractivity contribution in [3.8, 4) is 0 Å². The number of hydrogen-bond donors (Lipinski definition) is 1. The van der Waals surface area contributed by atoms with Gasteiger partial charge in [-0.1, -0.05) is 20.8 Å². The van der Waals surface area contributed by atoms with Crippen LogP contribution in [0.2, 0.25) is 0 Å². The Morgan fingerprint density at radius 2 is 1.94 bits per heavy atom. The molecular weight excluding hydrogens is 208 g/mol. The van der Waals surface area contributed by atoms with Gasteiger partial charge in [0.15, 0.2) is 0 Å². The summed E-state index contributed by atoms with van der Waals surface area (Å²) < 4.78 is 0. The minimum absolute atomic E-state index is 0. The molecule has 1 aliphatic rings. The summed E-state index contributed by atoms with van der Waals surface area (Å²) in [6, 6.07) is 0.753. The van der Waals surface area contributed by atoms with E-state index < -0.39 is 0 Å². The van der Waals surface area contributed by atoms with Crippen LogP contribution in [-0.4, -0.2) is 30.6 Å². The van der Waals surface area contributed by atoms with Crippen LogP contribution in [0.1, 0.15) is 61.7 Å². The molecule has 0 saturated carbocycles. The Morgan fingerprint density at radius 3 is 2.24 bits per heavy atom. The molecular formula is C15H36N2. The number of likely N-dealkylation sites (tertiary alicyclic amines) is 1. The van der Waals surface area contributed by atoms with Gasteiger partial charge in [0.1, 0.15) is 0 Å².